The van der Waals surface area contributed by atoms with E-state index in [1.54, 1.807) is 0 Å². The van der Waals surface area contributed by atoms with Crippen LogP contribution in [0.5, 0.6) is 0 Å². The molecule has 15 aromatic rings. The highest BCUT2D eigenvalue weighted by atomic mass is 15.0. The Balaban J connectivity index is 0.896. The second-order valence-electron chi connectivity index (χ2n) is 19.7. The Bertz CT molecular complexity index is 4690. The summed E-state index contributed by atoms with van der Waals surface area (Å²) in [6.45, 7) is 0. The molecule has 2 heterocycles. The molecule has 0 aliphatic carbocycles. The average molecular weight is 952 g/mol. The number of benzene rings is 13. The van der Waals surface area contributed by atoms with E-state index >= 15 is 0 Å². The van der Waals surface area contributed by atoms with Crippen LogP contribution < -0.4 is 0 Å². The normalized spacial score (nSPS) is 11.7. The van der Waals surface area contributed by atoms with Crippen molar-refractivity contribution in [1.29, 1.82) is 0 Å². The largest absolute Gasteiger partial charge is 0.309 e. The van der Waals surface area contributed by atoms with Crippen LogP contribution in [0.1, 0.15) is 0 Å². The predicted octanol–water partition coefficient (Wildman–Crippen LogP) is 19.3. The van der Waals surface area contributed by atoms with Gasteiger partial charge in [0, 0.05) is 27.6 Å². The highest BCUT2D eigenvalue weighted by Gasteiger charge is 2.22. The highest BCUT2D eigenvalue weighted by Crippen LogP contribution is 2.45. The van der Waals surface area contributed by atoms with Gasteiger partial charge in [-0.25, -0.2) is 9.97 Å². The van der Waals surface area contributed by atoms with E-state index in [4.69, 9.17) is 9.97 Å². The molecular formula is C72H45N3. The summed E-state index contributed by atoms with van der Waals surface area (Å²) >= 11 is 0. The molecule has 75 heavy (non-hydrogen) atoms. The Morgan fingerprint density at radius 2 is 0.773 bits per heavy atom. The van der Waals surface area contributed by atoms with Gasteiger partial charge in [0.25, 0.3) is 0 Å². The Morgan fingerprint density at radius 3 is 1.49 bits per heavy atom. The highest BCUT2D eigenvalue weighted by molar-refractivity contribution is 6.30. The zero-order valence-electron chi connectivity index (χ0n) is 40.8. The van der Waals surface area contributed by atoms with Crippen molar-refractivity contribution in [3.8, 4) is 72.7 Å². The molecule has 0 unspecified atom stereocenters. The van der Waals surface area contributed by atoms with Crippen LogP contribution in [0.15, 0.2) is 273 Å². The molecule has 0 spiro atoms. The Morgan fingerprint density at radius 1 is 0.240 bits per heavy atom. The van der Waals surface area contributed by atoms with Gasteiger partial charge >= 0.3 is 0 Å². The number of nitrogens with zero attached hydrogens (tertiary/aromatic N) is 3. The van der Waals surface area contributed by atoms with Crippen LogP contribution >= 0.6 is 0 Å². The van der Waals surface area contributed by atoms with Crippen LogP contribution in [0.3, 0.4) is 0 Å². The van der Waals surface area contributed by atoms with Crippen molar-refractivity contribution in [3.63, 3.8) is 0 Å². The maximum Gasteiger partial charge on any atom is 0.0979 e. The molecule has 0 atom stereocenters. The third-order valence-corrected chi connectivity index (χ3v) is 15.3. The summed E-state index contributed by atoms with van der Waals surface area (Å²) in [5.74, 6) is 0. The third-order valence-electron chi connectivity index (χ3n) is 15.3. The lowest BCUT2D eigenvalue weighted by molar-refractivity contribution is 1.19. The molecule has 0 N–H and O–H groups in total. The van der Waals surface area contributed by atoms with Gasteiger partial charge in [-0.3, -0.25) is 0 Å². The first kappa shape index (κ1) is 42.7. The van der Waals surface area contributed by atoms with Gasteiger partial charge in [0.15, 0.2) is 0 Å². The van der Waals surface area contributed by atoms with Crippen LogP contribution in [0.4, 0.5) is 0 Å². The van der Waals surface area contributed by atoms with Gasteiger partial charge in [-0.2, -0.15) is 0 Å². The Hall–Kier alpha value is -9.96. The predicted molar refractivity (Wildman–Crippen MR) is 317 cm³/mol. The maximum absolute atomic E-state index is 5.44. The fourth-order valence-electron chi connectivity index (χ4n) is 11.7. The fraction of sp³-hybridized carbons (Fsp3) is 0. The lowest BCUT2D eigenvalue weighted by Gasteiger charge is -2.15. The monoisotopic (exact) mass is 951 g/mol. The van der Waals surface area contributed by atoms with E-state index in [1.807, 2.05) is 12.1 Å². The molecule has 0 saturated heterocycles. The first-order valence-corrected chi connectivity index (χ1v) is 25.7. The molecule has 0 saturated carbocycles. The van der Waals surface area contributed by atoms with Gasteiger partial charge < -0.3 is 4.57 Å². The minimum Gasteiger partial charge on any atom is -0.309 e. The standard InChI is InChI=1S/C72H45N3/c1-3-16-46(17-4-1)55-41-56(47-18-5-2-6-19-47)43-57(42-55)49-30-33-51(34-31-49)71-72(74-66-29-14-13-28-65(66)73-71)63-27-15-23-53-44-58(37-38-59(53)63)75-67-39-36-50-21-9-10-24-60(50)69(67)70-62-26-12-11-25-61(62)64(45-68(70)75)54-35-32-48-20-7-8-22-52(48)40-54/h1-45H. The molecule has 0 aliphatic heterocycles. The SMILES string of the molecule is c1ccc(-c2cc(-c3ccccc3)cc(-c3ccc(-c4nc5ccccc5nc4-c4cccc5cc(-n6c7ccc8ccccc8c7c7c8ccccc8c(-c8ccc9ccccc9c8)cc76)ccc45)cc3)c2)cc1. The van der Waals surface area contributed by atoms with Gasteiger partial charge in [-0.1, -0.05) is 212 Å². The molecule has 2 aromatic heterocycles. The molecule has 0 radical (unpaired) electrons. The van der Waals surface area contributed by atoms with E-state index in [0.29, 0.717) is 0 Å². The van der Waals surface area contributed by atoms with Crippen LogP contribution in [-0.2, 0) is 0 Å². The first-order chi connectivity index (χ1) is 37.2. The van der Waals surface area contributed by atoms with Gasteiger partial charge in [-0.15, -0.1) is 0 Å². The summed E-state index contributed by atoms with van der Waals surface area (Å²) in [6.07, 6.45) is 0. The van der Waals surface area contributed by atoms with E-state index < -0.39 is 0 Å². The number of rotatable bonds is 7. The molecule has 3 nitrogen and oxygen atoms in total. The number of hydrogen-bond acceptors (Lipinski definition) is 2. The smallest absolute Gasteiger partial charge is 0.0979 e. The molecule has 0 amide bonds. The summed E-state index contributed by atoms with van der Waals surface area (Å²) in [4.78, 5) is 10.8. The molecular weight excluding hydrogens is 907 g/mol. The van der Waals surface area contributed by atoms with Crippen molar-refractivity contribution in [3.05, 3.63) is 273 Å². The average Bonchev–Trinajstić information content (AvgIpc) is 3.87. The first-order valence-electron chi connectivity index (χ1n) is 25.7. The lowest BCUT2D eigenvalue weighted by Crippen LogP contribution is -1.97. The summed E-state index contributed by atoms with van der Waals surface area (Å²) < 4.78 is 2.49. The van der Waals surface area contributed by atoms with Gasteiger partial charge in [0.2, 0.25) is 0 Å². The van der Waals surface area contributed by atoms with Crippen molar-refractivity contribution < 1.29 is 0 Å². The summed E-state index contributed by atoms with van der Waals surface area (Å²) in [5, 5.41) is 12.2. The Labute approximate surface area is 433 Å². The maximum atomic E-state index is 5.44. The van der Waals surface area contributed by atoms with Crippen LogP contribution in [0.2, 0.25) is 0 Å². The van der Waals surface area contributed by atoms with Crippen molar-refractivity contribution in [2.75, 3.05) is 0 Å². The molecule has 13 aromatic carbocycles. The van der Waals surface area contributed by atoms with E-state index in [-0.39, 0.29) is 0 Å². The molecule has 0 bridgehead atoms. The van der Waals surface area contributed by atoms with Crippen molar-refractivity contribution in [1.82, 2.24) is 14.5 Å². The number of aromatic nitrogens is 3. The van der Waals surface area contributed by atoms with Crippen LogP contribution in [0.25, 0.3) is 149 Å². The summed E-state index contributed by atoms with van der Waals surface area (Å²) in [7, 11) is 0. The van der Waals surface area contributed by atoms with E-state index in [9.17, 15) is 0 Å². The minimum atomic E-state index is 0.849. The summed E-state index contributed by atoms with van der Waals surface area (Å²) in [6, 6.07) is 99.1. The second kappa shape index (κ2) is 17.4. The van der Waals surface area contributed by atoms with E-state index in [0.717, 1.165) is 61.1 Å². The topological polar surface area (TPSA) is 30.7 Å². The molecule has 0 fully saturated rings. The summed E-state index contributed by atoms with van der Waals surface area (Å²) in [5.41, 5.74) is 18.4. The number of hydrogen-bond donors (Lipinski definition) is 0. The fourth-order valence-corrected chi connectivity index (χ4v) is 11.7. The molecule has 0 aliphatic rings. The quantitative estimate of drug-likeness (QED) is 0.159. The minimum absolute atomic E-state index is 0.849. The zero-order valence-corrected chi connectivity index (χ0v) is 40.8. The molecule has 15 rings (SSSR count). The van der Waals surface area contributed by atoms with Crippen molar-refractivity contribution in [2.45, 2.75) is 0 Å². The third kappa shape index (κ3) is 7.20. The van der Waals surface area contributed by atoms with Crippen molar-refractivity contribution >= 4 is 75.9 Å². The molecule has 348 valence electrons. The Kier molecular flexibility index (Phi) is 9.89. The van der Waals surface area contributed by atoms with E-state index in [1.165, 1.54) is 87.5 Å². The second-order valence-corrected chi connectivity index (χ2v) is 19.7. The van der Waals surface area contributed by atoms with Crippen LogP contribution in [-0.4, -0.2) is 14.5 Å². The molecule has 3 heteroatoms. The van der Waals surface area contributed by atoms with Gasteiger partial charge in [0.05, 0.1) is 33.5 Å². The zero-order chi connectivity index (χ0) is 49.4. The van der Waals surface area contributed by atoms with Gasteiger partial charge in [0.1, 0.15) is 0 Å². The number of para-hydroxylation sites is 2. The van der Waals surface area contributed by atoms with Crippen molar-refractivity contribution in [2.24, 2.45) is 0 Å². The van der Waals surface area contributed by atoms with E-state index in [2.05, 4.69) is 265 Å². The number of fused-ring (bicyclic) bond motifs is 10. The van der Waals surface area contributed by atoms with Gasteiger partial charge in [-0.05, 0) is 148 Å². The van der Waals surface area contributed by atoms with Crippen LogP contribution in [0, 0.1) is 0 Å². The lowest BCUT2D eigenvalue weighted by atomic mass is 9.92.